The zero-order chi connectivity index (χ0) is 13.1. The minimum absolute atomic E-state index is 0.802. The average molecular weight is 241 g/mol. The molecule has 0 aromatic heterocycles. The van der Waals surface area contributed by atoms with Crippen LogP contribution in [0.3, 0.4) is 0 Å². The highest BCUT2D eigenvalue weighted by molar-refractivity contribution is 4.55. The summed E-state index contributed by atoms with van der Waals surface area (Å²) in [5.74, 6) is 1.69. The smallest absolute Gasteiger partial charge is 0.000133 e. The molecule has 17 heavy (non-hydrogen) atoms. The van der Waals surface area contributed by atoms with Crippen LogP contribution in [-0.2, 0) is 0 Å². The van der Waals surface area contributed by atoms with E-state index in [1.54, 1.807) is 0 Å². The van der Waals surface area contributed by atoms with Crippen LogP contribution in [0.5, 0.6) is 0 Å². The predicted octanol–water partition coefficient (Wildman–Crippen LogP) is 4.96. The summed E-state index contributed by atoms with van der Waals surface area (Å²) in [6.45, 7) is 11.8. The molecule has 0 aliphatic heterocycles. The Morgan fingerprint density at radius 3 is 1.76 bits per heavy atom. The van der Waals surface area contributed by atoms with Crippen molar-refractivity contribution in [3.63, 3.8) is 0 Å². The molecule has 1 nitrogen and oxygen atoms in total. The van der Waals surface area contributed by atoms with Gasteiger partial charge in [-0.15, -0.1) is 0 Å². The average Bonchev–Trinajstić information content (AvgIpc) is 2.20. The predicted molar refractivity (Wildman–Crippen MR) is 79.5 cm³/mol. The van der Waals surface area contributed by atoms with Crippen LogP contribution in [0.25, 0.3) is 0 Å². The fraction of sp³-hybridized carbons (Fsp3) is 1.00. The zero-order valence-electron chi connectivity index (χ0n) is 13.0. The summed E-state index contributed by atoms with van der Waals surface area (Å²) < 4.78 is 0. The molecule has 0 fully saturated rings. The summed E-state index contributed by atoms with van der Waals surface area (Å²) >= 11 is 0. The van der Waals surface area contributed by atoms with E-state index in [1.807, 2.05) is 0 Å². The molecule has 0 N–H and O–H groups in total. The van der Waals surface area contributed by atoms with E-state index >= 15 is 0 Å². The van der Waals surface area contributed by atoms with Crippen LogP contribution >= 0.6 is 0 Å². The second-order valence-electron chi connectivity index (χ2n) is 6.46. The van der Waals surface area contributed by atoms with Gasteiger partial charge in [-0.05, 0) is 31.8 Å². The number of nitrogens with zero attached hydrogens (tertiary/aromatic N) is 1. The molecule has 0 aromatic carbocycles. The van der Waals surface area contributed by atoms with Gasteiger partial charge in [-0.3, -0.25) is 0 Å². The highest BCUT2D eigenvalue weighted by Crippen LogP contribution is 2.11. The van der Waals surface area contributed by atoms with Gasteiger partial charge < -0.3 is 4.90 Å². The van der Waals surface area contributed by atoms with Crippen molar-refractivity contribution in [3.05, 3.63) is 0 Å². The second-order valence-corrected chi connectivity index (χ2v) is 6.46. The van der Waals surface area contributed by atoms with Crippen LogP contribution in [-0.4, -0.2) is 25.0 Å². The normalized spacial score (nSPS) is 12.0. The molecular formula is C16H35N. The van der Waals surface area contributed by atoms with Crippen molar-refractivity contribution in [2.24, 2.45) is 11.8 Å². The van der Waals surface area contributed by atoms with Gasteiger partial charge in [0.05, 0.1) is 0 Å². The Balaban J connectivity index is 3.13. The van der Waals surface area contributed by atoms with Crippen LogP contribution in [0.1, 0.15) is 72.6 Å². The largest absolute Gasteiger partial charge is 0.306 e. The molecule has 0 unspecified atom stereocenters. The Hall–Kier alpha value is -0.0400. The lowest BCUT2D eigenvalue weighted by molar-refractivity contribution is 0.288. The third-order valence-corrected chi connectivity index (χ3v) is 3.25. The van der Waals surface area contributed by atoms with Crippen molar-refractivity contribution in [2.45, 2.75) is 72.6 Å². The van der Waals surface area contributed by atoms with E-state index in [9.17, 15) is 0 Å². The van der Waals surface area contributed by atoms with Crippen molar-refractivity contribution in [3.8, 4) is 0 Å². The summed E-state index contributed by atoms with van der Waals surface area (Å²) in [5, 5.41) is 0. The van der Waals surface area contributed by atoms with E-state index in [1.165, 1.54) is 58.0 Å². The molecule has 0 saturated carbocycles. The van der Waals surface area contributed by atoms with E-state index in [0.29, 0.717) is 0 Å². The van der Waals surface area contributed by atoms with Crippen molar-refractivity contribution in [1.82, 2.24) is 4.90 Å². The first-order valence-electron chi connectivity index (χ1n) is 7.71. The summed E-state index contributed by atoms with van der Waals surface area (Å²) in [6.07, 6.45) is 9.98. The SMILES string of the molecule is CC(C)CCCCCCCCN(C)CC(C)C. The second kappa shape index (κ2) is 11.1. The van der Waals surface area contributed by atoms with Crippen LogP contribution in [0.2, 0.25) is 0 Å². The highest BCUT2D eigenvalue weighted by Gasteiger charge is 2.01. The maximum Gasteiger partial charge on any atom is 0.000133 e. The molecule has 0 aliphatic rings. The molecule has 0 heterocycles. The number of unbranched alkanes of at least 4 members (excludes halogenated alkanes) is 5. The Morgan fingerprint density at radius 2 is 1.24 bits per heavy atom. The minimum Gasteiger partial charge on any atom is -0.306 e. The van der Waals surface area contributed by atoms with Crippen LogP contribution < -0.4 is 0 Å². The van der Waals surface area contributed by atoms with Gasteiger partial charge in [0.15, 0.2) is 0 Å². The standard InChI is InChI=1S/C16H35N/c1-15(2)12-10-8-6-7-9-11-13-17(5)14-16(3)4/h15-16H,6-14H2,1-5H3. The summed E-state index contributed by atoms with van der Waals surface area (Å²) in [6, 6.07) is 0. The van der Waals surface area contributed by atoms with E-state index < -0.39 is 0 Å². The Morgan fingerprint density at radius 1 is 0.706 bits per heavy atom. The van der Waals surface area contributed by atoms with Gasteiger partial charge in [0.2, 0.25) is 0 Å². The van der Waals surface area contributed by atoms with Gasteiger partial charge in [-0.25, -0.2) is 0 Å². The Labute approximate surface area is 110 Å². The van der Waals surface area contributed by atoms with Gasteiger partial charge in [-0.2, -0.15) is 0 Å². The highest BCUT2D eigenvalue weighted by atomic mass is 15.1. The molecular weight excluding hydrogens is 206 g/mol. The first kappa shape index (κ1) is 17.0. The van der Waals surface area contributed by atoms with Crippen LogP contribution in [0.15, 0.2) is 0 Å². The Kier molecular flexibility index (Phi) is 11.0. The first-order valence-corrected chi connectivity index (χ1v) is 7.71. The molecule has 0 radical (unpaired) electrons. The third kappa shape index (κ3) is 13.9. The molecule has 0 amide bonds. The lowest BCUT2D eigenvalue weighted by Gasteiger charge is -2.18. The number of rotatable bonds is 11. The molecule has 0 saturated heterocycles. The van der Waals surface area contributed by atoms with Crippen LogP contribution in [0.4, 0.5) is 0 Å². The lowest BCUT2D eigenvalue weighted by atomic mass is 10.0. The minimum atomic E-state index is 0.802. The molecule has 0 aliphatic carbocycles. The first-order chi connectivity index (χ1) is 8.02. The third-order valence-electron chi connectivity index (χ3n) is 3.25. The van der Waals surface area contributed by atoms with E-state index in [-0.39, 0.29) is 0 Å². The molecule has 104 valence electrons. The molecule has 0 aromatic rings. The maximum atomic E-state index is 2.48. The van der Waals surface area contributed by atoms with E-state index in [0.717, 1.165) is 11.8 Å². The summed E-state index contributed by atoms with van der Waals surface area (Å²) in [4.78, 5) is 2.48. The molecule has 0 rings (SSSR count). The Bertz CT molecular complexity index is 152. The van der Waals surface area contributed by atoms with Gasteiger partial charge in [0, 0.05) is 6.54 Å². The monoisotopic (exact) mass is 241 g/mol. The van der Waals surface area contributed by atoms with E-state index in [4.69, 9.17) is 0 Å². The van der Waals surface area contributed by atoms with Gasteiger partial charge in [0.1, 0.15) is 0 Å². The summed E-state index contributed by atoms with van der Waals surface area (Å²) in [7, 11) is 2.25. The molecule has 0 spiro atoms. The molecule has 0 atom stereocenters. The van der Waals surface area contributed by atoms with E-state index in [2.05, 4.69) is 39.6 Å². The lowest BCUT2D eigenvalue weighted by Crippen LogP contribution is -2.24. The van der Waals surface area contributed by atoms with Gasteiger partial charge in [-0.1, -0.05) is 66.2 Å². The number of hydrogen-bond donors (Lipinski definition) is 0. The van der Waals surface area contributed by atoms with Gasteiger partial charge >= 0.3 is 0 Å². The van der Waals surface area contributed by atoms with Crippen molar-refractivity contribution < 1.29 is 0 Å². The molecule has 0 bridgehead atoms. The quantitative estimate of drug-likeness (QED) is 0.462. The zero-order valence-corrected chi connectivity index (χ0v) is 13.0. The fourth-order valence-corrected chi connectivity index (χ4v) is 2.36. The van der Waals surface area contributed by atoms with Crippen LogP contribution in [0, 0.1) is 11.8 Å². The van der Waals surface area contributed by atoms with Crippen molar-refractivity contribution in [2.75, 3.05) is 20.1 Å². The summed E-state index contributed by atoms with van der Waals surface area (Å²) in [5.41, 5.74) is 0. The molecule has 1 heteroatoms. The van der Waals surface area contributed by atoms with Crippen molar-refractivity contribution in [1.29, 1.82) is 0 Å². The number of hydrogen-bond acceptors (Lipinski definition) is 1. The van der Waals surface area contributed by atoms with Gasteiger partial charge in [0.25, 0.3) is 0 Å². The fourth-order valence-electron chi connectivity index (χ4n) is 2.36. The topological polar surface area (TPSA) is 3.24 Å². The maximum absolute atomic E-state index is 2.48. The van der Waals surface area contributed by atoms with Crippen molar-refractivity contribution >= 4 is 0 Å².